The zero-order valence-corrected chi connectivity index (χ0v) is 9.95. The first kappa shape index (κ1) is 11.8. The molecule has 0 saturated carbocycles. The highest BCUT2D eigenvalue weighted by atomic mass is 35.5. The zero-order chi connectivity index (χ0) is 11.8. The summed E-state index contributed by atoms with van der Waals surface area (Å²) >= 11 is 5.59. The van der Waals surface area contributed by atoms with Crippen molar-refractivity contribution < 1.29 is 13.5 Å². The average molecular weight is 263 g/mol. The van der Waals surface area contributed by atoms with Crippen molar-refractivity contribution in [2.24, 2.45) is 0 Å². The fourth-order valence-corrected chi connectivity index (χ4v) is 3.14. The first-order chi connectivity index (χ1) is 7.50. The van der Waals surface area contributed by atoms with E-state index in [1.165, 1.54) is 22.6 Å². The van der Waals surface area contributed by atoms with Crippen LogP contribution in [-0.2, 0) is 10.0 Å². The molecule has 0 aromatic carbocycles. The molecule has 0 spiro atoms. The maximum absolute atomic E-state index is 12.0. The highest BCUT2D eigenvalue weighted by Crippen LogP contribution is 2.21. The summed E-state index contributed by atoms with van der Waals surface area (Å²) in [6.07, 6.45) is 1.12. The number of aliphatic hydroxyl groups is 1. The lowest BCUT2D eigenvalue weighted by atomic mass is 10.3. The second kappa shape index (κ2) is 4.29. The minimum absolute atomic E-state index is 0.103. The van der Waals surface area contributed by atoms with Crippen molar-refractivity contribution in [3.63, 3.8) is 0 Å². The fourth-order valence-electron chi connectivity index (χ4n) is 1.59. The molecule has 1 aliphatic rings. The molecule has 1 saturated heterocycles. The Hall–Kier alpha value is -0.690. The largest absolute Gasteiger partial charge is 0.392 e. The van der Waals surface area contributed by atoms with E-state index in [2.05, 4.69) is 4.98 Å². The van der Waals surface area contributed by atoms with E-state index >= 15 is 0 Å². The van der Waals surface area contributed by atoms with Crippen LogP contribution in [0.5, 0.6) is 0 Å². The third kappa shape index (κ3) is 2.20. The Morgan fingerprint density at radius 2 is 2.25 bits per heavy atom. The Kier molecular flexibility index (Phi) is 3.16. The summed E-state index contributed by atoms with van der Waals surface area (Å²) < 4.78 is 25.3. The molecule has 1 fully saturated rings. The number of hydrogen-bond acceptors (Lipinski definition) is 4. The number of sulfonamides is 1. The molecule has 1 aliphatic heterocycles. The summed E-state index contributed by atoms with van der Waals surface area (Å²) in [5.74, 6) is 0. The Labute approximate surface area is 98.7 Å². The molecule has 88 valence electrons. The van der Waals surface area contributed by atoms with Gasteiger partial charge in [0.1, 0.15) is 10.0 Å². The van der Waals surface area contributed by atoms with Crippen LogP contribution in [0.3, 0.4) is 0 Å². The van der Waals surface area contributed by atoms with Crippen molar-refractivity contribution in [1.29, 1.82) is 0 Å². The third-order valence-corrected chi connectivity index (χ3v) is 4.54. The molecule has 1 unspecified atom stereocenters. The van der Waals surface area contributed by atoms with Gasteiger partial charge in [0.05, 0.1) is 6.10 Å². The molecule has 2 heterocycles. The second-order valence-electron chi connectivity index (χ2n) is 3.62. The van der Waals surface area contributed by atoms with E-state index in [1.54, 1.807) is 0 Å². The van der Waals surface area contributed by atoms with Gasteiger partial charge in [0, 0.05) is 19.3 Å². The van der Waals surface area contributed by atoms with Crippen LogP contribution in [0.25, 0.3) is 0 Å². The second-order valence-corrected chi connectivity index (χ2v) is 5.95. The molecule has 1 aromatic rings. The van der Waals surface area contributed by atoms with E-state index in [9.17, 15) is 13.5 Å². The molecule has 16 heavy (non-hydrogen) atoms. The SMILES string of the molecule is O=S(=O)(c1ccc(Cl)nc1)N1CCC(O)C1. The van der Waals surface area contributed by atoms with Crippen molar-refractivity contribution >= 4 is 21.6 Å². The highest BCUT2D eigenvalue weighted by Gasteiger charge is 2.31. The van der Waals surface area contributed by atoms with Gasteiger partial charge in [-0.15, -0.1) is 0 Å². The van der Waals surface area contributed by atoms with Gasteiger partial charge in [-0.2, -0.15) is 4.31 Å². The van der Waals surface area contributed by atoms with Crippen molar-refractivity contribution in [1.82, 2.24) is 9.29 Å². The fraction of sp³-hybridized carbons (Fsp3) is 0.444. The third-order valence-electron chi connectivity index (χ3n) is 2.46. The Morgan fingerprint density at radius 3 is 2.75 bits per heavy atom. The molecule has 1 atom stereocenters. The molecular formula is C9H11ClN2O3S. The summed E-state index contributed by atoms with van der Waals surface area (Å²) in [6.45, 7) is 0.483. The Bertz CT molecular complexity index is 474. The lowest BCUT2D eigenvalue weighted by molar-refractivity contribution is 0.189. The normalized spacial score (nSPS) is 22.5. The maximum atomic E-state index is 12.0. The lowest BCUT2D eigenvalue weighted by Crippen LogP contribution is -2.29. The van der Waals surface area contributed by atoms with Crippen LogP contribution in [0.4, 0.5) is 0 Å². The molecule has 1 N–H and O–H groups in total. The summed E-state index contributed by atoms with van der Waals surface area (Å²) in [7, 11) is -3.54. The number of halogens is 1. The Balaban J connectivity index is 2.29. The standard InChI is InChI=1S/C9H11ClN2O3S/c10-9-2-1-8(5-11-9)16(14,15)12-4-3-7(13)6-12/h1-2,5,7,13H,3-4,6H2. The summed E-state index contributed by atoms with van der Waals surface area (Å²) in [4.78, 5) is 3.84. The zero-order valence-electron chi connectivity index (χ0n) is 8.38. The number of rotatable bonds is 2. The van der Waals surface area contributed by atoms with Gasteiger partial charge in [-0.3, -0.25) is 0 Å². The molecule has 0 amide bonds. The van der Waals surface area contributed by atoms with Crippen LogP contribution in [0.15, 0.2) is 23.2 Å². The number of aromatic nitrogens is 1. The lowest BCUT2D eigenvalue weighted by Gasteiger charge is -2.15. The van der Waals surface area contributed by atoms with Crippen LogP contribution in [0.1, 0.15) is 6.42 Å². The van der Waals surface area contributed by atoms with Crippen LogP contribution >= 0.6 is 11.6 Å². The molecule has 5 nitrogen and oxygen atoms in total. The molecule has 2 rings (SSSR count). The topological polar surface area (TPSA) is 70.5 Å². The molecule has 7 heteroatoms. The summed E-state index contributed by atoms with van der Waals surface area (Å²) in [6, 6.07) is 2.84. The minimum Gasteiger partial charge on any atom is -0.392 e. The van der Waals surface area contributed by atoms with Gasteiger partial charge in [0.25, 0.3) is 0 Å². The Morgan fingerprint density at radius 1 is 1.50 bits per heavy atom. The summed E-state index contributed by atoms with van der Waals surface area (Å²) in [5, 5.41) is 9.56. The first-order valence-corrected chi connectivity index (χ1v) is 6.62. The van der Waals surface area contributed by atoms with Gasteiger partial charge in [0.15, 0.2) is 0 Å². The van der Waals surface area contributed by atoms with Gasteiger partial charge in [-0.05, 0) is 18.6 Å². The van der Waals surface area contributed by atoms with Crippen LogP contribution in [0, 0.1) is 0 Å². The quantitative estimate of drug-likeness (QED) is 0.788. The van der Waals surface area contributed by atoms with Gasteiger partial charge in [-0.1, -0.05) is 11.6 Å². The van der Waals surface area contributed by atoms with Crippen LogP contribution in [-0.4, -0.2) is 42.0 Å². The predicted molar refractivity (Wildman–Crippen MR) is 58.6 cm³/mol. The highest BCUT2D eigenvalue weighted by molar-refractivity contribution is 7.89. The van der Waals surface area contributed by atoms with Gasteiger partial charge in [-0.25, -0.2) is 13.4 Å². The number of β-amino-alcohol motifs (C(OH)–C–C–N with tert-alkyl or cyclic N) is 1. The monoisotopic (exact) mass is 262 g/mol. The van der Waals surface area contributed by atoms with E-state index in [0.29, 0.717) is 13.0 Å². The van der Waals surface area contributed by atoms with E-state index in [0.717, 1.165) is 0 Å². The van der Waals surface area contributed by atoms with Crippen molar-refractivity contribution in [3.8, 4) is 0 Å². The van der Waals surface area contributed by atoms with Crippen molar-refractivity contribution in [2.45, 2.75) is 17.4 Å². The molecule has 1 aromatic heterocycles. The van der Waals surface area contributed by atoms with Crippen LogP contribution < -0.4 is 0 Å². The average Bonchev–Trinajstić information content (AvgIpc) is 2.66. The van der Waals surface area contributed by atoms with Gasteiger partial charge in [0.2, 0.25) is 10.0 Å². The van der Waals surface area contributed by atoms with Crippen LogP contribution in [0.2, 0.25) is 5.15 Å². The molecule has 0 bridgehead atoms. The molecule has 0 aliphatic carbocycles. The number of aliphatic hydroxyl groups excluding tert-OH is 1. The van der Waals surface area contributed by atoms with Crippen molar-refractivity contribution in [3.05, 3.63) is 23.5 Å². The van der Waals surface area contributed by atoms with E-state index in [1.807, 2.05) is 0 Å². The number of nitrogens with zero attached hydrogens (tertiary/aromatic N) is 2. The van der Waals surface area contributed by atoms with Gasteiger partial charge >= 0.3 is 0 Å². The summed E-state index contributed by atoms with van der Waals surface area (Å²) in [5.41, 5.74) is 0. The number of pyridine rings is 1. The molecule has 0 radical (unpaired) electrons. The van der Waals surface area contributed by atoms with E-state index < -0.39 is 16.1 Å². The first-order valence-electron chi connectivity index (χ1n) is 4.80. The van der Waals surface area contributed by atoms with E-state index in [4.69, 9.17) is 11.6 Å². The van der Waals surface area contributed by atoms with Crippen molar-refractivity contribution in [2.75, 3.05) is 13.1 Å². The van der Waals surface area contributed by atoms with Gasteiger partial charge < -0.3 is 5.11 Å². The smallest absolute Gasteiger partial charge is 0.244 e. The minimum atomic E-state index is -3.54. The number of hydrogen-bond donors (Lipinski definition) is 1. The van der Waals surface area contributed by atoms with E-state index in [-0.39, 0.29) is 16.6 Å². The predicted octanol–water partition coefficient (Wildman–Crippen LogP) is 0.490. The molecular weight excluding hydrogens is 252 g/mol. The maximum Gasteiger partial charge on any atom is 0.244 e.